The summed E-state index contributed by atoms with van der Waals surface area (Å²) >= 11 is 19.6. The number of halogens is 4. The lowest BCUT2D eigenvalue weighted by atomic mass is 10.0. The Labute approximate surface area is 261 Å². The van der Waals surface area contributed by atoms with Gasteiger partial charge in [0.15, 0.2) is 5.75 Å². The molecule has 5 aromatic rings. The smallest absolute Gasteiger partial charge is 0.343 e. The number of hydrogen-bond acceptors (Lipinski definition) is 5. The number of methoxy groups -OCH3 is 1. The molecule has 0 atom stereocenters. The number of aromatic amines is 1. The highest BCUT2D eigenvalue weighted by molar-refractivity contribution is 9.11. The Bertz CT molecular complexity index is 1810. The van der Waals surface area contributed by atoms with Crippen molar-refractivity contribution < 1.29 is 19.1 Å². The van der Waals surface area contributed by atoms with E-state index in [0.717, 1.165) is 5.56 Å². The van der Waals surface area contributed by atoms with Crippen LogP contribution in [0.1, 0.15) is 26.4 Å². The highest BCUT2D eigenvalue weighted by atomic mass is 79.9. The molecule has 5 rings (SSSR count). The maximum Gasteiger partial charge on any atom is 0.343 e. The van der Waals surface area contributed by atoms with Crippen LogP contribution in [0.3, 0.4) is 0 Å². The van der Waals surface area contributed by atoms with Crippen molar-refractivity contribution in [3.63, 3.8) is 0 Å². The van der Waals surface area contributed by atoms with Crippen molar-refractivity contribution >= 4 is 84.1 Å². The monoisotopic (exact) mass is 713 g/mol. The van der Waals surface area contributed by atoms with E-state index < -0.39 is 11.9 Å². The predicted molar refractivity (Wildman–Crippen MR) is 169 cm³/mol. The molecule has 206 valence electrons. The van der Waals surface area contributed by atoms with Crippen LogP contribution in [0.15, 0.2) is 92.9 Å². The maximum atomic E-state index is 13.4. The zero-order chi connectivity index (χ0) is 29.1. The second kappa shape index (κ2) is 12.5. The number of hydrazone groups is 1. The Balaban J connectivity index is 1.44. The largest absolute Gasteiger partial charge is 0.497 e. The third-order valence-corrected chi connectivity index (χ3v) is 7.59. The van der Waals surface area contributed by atoms with Crippen molar-refractivity contribution in [3.8, 4) is 22.6 Å². The Morgan fingerprint density at radius 2 is 1.71 bits per heavy atom. The summed E-state index contributed by atoms with van der Waals surface area (Å²) in [5.41, 5.74) is 5.60. The molecule has 0 saturated carbocycles. The summed E-state index contributed by atoms with van der Waals surface area (Å²) in [5.74, 6) is -0.237. The Morgan fingerprint density at radius 3 is 2.41 bits per heavy atom. The van der Waals surface area contributed by atoms with Gasteiger partial charge in [0.25, 0.3) is 5.91 Å². The van der Waals surface area contributed by atoms with Crippen LogP contribution in [0, 0.1) is 0 Å². The normalized spacial score (nSPS) is 11.1. The standard InChI is InChI=1S/C30H19Br2Cl2N3O4/c1-40-21-9-7-17(8-10-21)30(39)41-28-18(11-19(31)12-22(28)32)15-35-37-29(38)27-25(16-5-3-2-4-6-16)26-23(34)13-20(33)14-24(26)36-27/h2-15,36H,1H3,(H,37,38). The van der Waals surface area contributed by atoms with Gasteiger partial charge in [-0.2, -0.15) is 5.10 Å². The minimum atomic E-state index is -0.574. The molecule has 1 heterocycles. The summed E-state index contributed by atoms with van der Waals surface area (Å²) < 4.78 is 12.0. The van der Waals surface area contributed by atoms with E-state index in [9.17, 15) is 9.59 Å². The average Bonchev–Trinajstić information content (AvgIpc) is 3.35. The van der Waals surface area contributed by atoms with Gasteiger partial charge in [0.2, 0.25) is 0 Å². The number of H-pyrrole nitrogens is 1. The number of nitrogens with zero attached hydrogens (tertiary/aromatic N) is 1. The fraction of sp³-hybridized carbons (Fsp3) is 0.0333. The molecule has 0 bridgehead atoms. The van der Waals surface area contributed by atoms with Crippen LogP contribution < -0.4 is 14.9 Å². The average molecular weight is 716 g/mol. The zero-order valence-electron chi connectivity index (χ0n) is 21.2. The van der Waals surface area contributed by atoms with Gasteiger partial charge in [-0.05, 0) is 70.0 Å². The van der Waals surface area contributed by atoms with E-state index in [0.29, 0.717) is 52.3 Å². The summed E-state index contributed by atoms with van der Waals surface area (Å²) in [6.45, 7) is 0. The molecule has 0 spiro atoms. The van der Waals surface area contributed by atoms with Crippen molar-refractivity contribution in [1.82, 2.24) is 10.4 Å². The lowest BCUT2D eigenvalue weighted by molar-refractivity contribution is 0.0732. The number of carbonyl (C=O) groups is 2. The van der Waals surface area contributed by atoms with Gasteiger partial charge in [-0.1, -0.05) is 69.5 Å². The number of rotatable bonds is 7. The van der Waals surface area contributed by atoms with Gasteiger partial charge in [-0.3, -0.25) is 4.79 Å². The molecule has 1 amide bonds. The third-order valence-electron chi connectivity index (χ3n) is 6.03. The van der Waals surface area contributed by atoms with Crippen LogP contribution >= 0.6 is 55.1 Å². The number of benzene rings is 4. The topological polar surface area (TPSA) is 92.8 Å². The molecule has 4 aromatic carbocycles. The molecule has 0 aliphatic carbocycles. The van der Waals surface area contributed by atoms with E-state index >= 15 is 0 Å². The number of aromatic nitrogens is 1. The van der Waals surface area contributed by atoms with Crippen molar-refractivity contribution in [2.75, 3.05) is 7.11 Å². The van der Waals surface area contributed by atoms with E-state index in [2.05, 4.69) is 47.4 Å². The fourth-order valence-electron chi connectivity index (χ4n) is 4.19. The molecule has 0 saturated heterocycles. The van der Waals surface area contributed by atoms with Crippen molar-refractivity contribution in [1.29, 1.82) is 0 Å². The van der Waals surface area contributed by atoms with Crippen LogP contribution in [0.25, 0.3) is 22.0 Å². The molecule has 0 unspecified atom stereocenters. The Morgan fingerprint density at radius 1 is 0.976 bits per heavy atom. The van der Waals surface area contributed by atoms with Crippen LogP contribution in [0.4, 0.5) is 0 Å². The van der Waals surface area contributed by atoms with Crippen LogP contribution in [0.2, 0.25) is 10.0 Å². The first kappa shape index (κ1) is 28.9. The van der Waals surface area contributed by atoms with Crippen LogP contribution in [-0.4, -0.2) is 30.2 Å². The summed E-state index contributed by atoms with van der Waals surface area (Å²) in [7, 11) is 1.54. The Hall–Kier alpha value is -3.63. The highest BCUT2D eigenvalue weighted by Gasteiger charge is 2.22. The quantitative estimate of drug-likeness (QED) is 0.0764. The van der Waals surface area contributed by atoms with Crippen LogP contribution in [-0.2, 0) is 0 Å². The van der Waals surface area contributed by atoms with Gasteiger partial charge in [0, 0.05) is 31.5 Å². The number of carbonyl (C=O) groups excluding carboxylic acids is 2. The predicted octanol–water partition coefficient (Wildman–Crippen LogP) is 8.66. The van der Waals surface area contributed by atoms with Crippen molar-refractivity contribution in [2.24, 2.45) is 5.10 Å². The van der Waals surface area contributed by atoms with Gasteiger partial charge in [-0.15, -0.1) is 0 Å². The van der Waals surface area contributed by atoms with E-state index in [-0.39, 0.29) is 11.4 Å². The van der Waals surface area contributed by atoms with Gasteiger partial charge >= 0.3 is 5.97 Å². The van der Waals surface area contributed by atoms with Crippen molar-refractivity contribution in [2.45, 2.75) is 0 Å². The number of hydrogen-bond donors (Lipinski definition) is 2. The molecule has 7 nitrogen and oxygen atoms in total. The molecular weight excluding hydrogens is 697 g/mol. The number of nitrogens with one attached hydrogen (secondary N) is 2. The minimum absolute atomic E-state index is 0.226. The summed E-state index contributed by atoms with van der Waals surface area (Å²) in [4.78, 5) is 29.4. The molecular formula is C30H19Br2Cl2N3O4. The highest BCUT2D eigenvalue weighted by Crippen LogP contribution is 2.38. The van der Waals surface area contributed by atoms with E-state index in [1.54, 1.807) is 55.6 Å². The third kappa shape index (κ3) is 6.33. The van der Waals surface area contributed by atoms with Gasteiger partial charge in [0.1, 0.15) is 11.4 Å². The number of amides is 1. The van der Waals surface area contributed by atoms with Gasteiger partial charge in [-0.25, -0.2) is 10.2 Å². The summed E-state index contributed by atoms with van der Waals surface area (Å²) in [5, 5.41) is 5.67. The maximum absolute atomic E-state index is 13.4. The first-order valence-corrected chi connectivity index (χ1v) is 14.3. The number of esters is 1. The fourth-order valence-corrected chi connectivity index (χ4v) is 6.12. The van der Waals surface area contributed by atoms with Gasteiger partial charge in [0.05, 0.1) is 28.4 Å². The molecule has 11 heteroatoms. The van der Waals surface area contributed by atoms with Crippen molar-refractivity contribution in [3.05, 3.63) is 115 Å². The molecule has 1 aromatic heterocycles. The number of fused-ring (bicyclic) bond motifs is 1. The molecule has 2 N–H and O–H groups in total. The van der Waals surface area contributed by atoms with E-state index in [1.807, 2.05) is 30.3 Å². The SMILES string of the molecule is COc1ccc(C(=O)Oc2c(Br)cc(Br)cc2C=NNC(=O)c2[nH]c3cc(Cl)cc(Cl)c3c2-c2ccccc2)cc1. The summed E-state index contributed by atoms with van der Waals surface area (Å²) in [6.07, 6.45) is 1.39. The van der Waals surface area contributed by atoms with E-state index in [1.165, 1.54) is 6.21 Å². The zero-order valence-corrected chi connectivity index (χ0v) is 25.9. The molecule has 0 aliphatic heterocycles. The lowest BCUT2D eigenvalue weighted by Crippen LogP contribution is -2.19. The summed E-state index contributed by atoms with van der Waals surface area (Å²) in [6, 6.07) is 22.7. The molecule has 0 fully saturated rings. The molecule has 0 radical (unpaired) electrons. The Kier molecular flexibility index (Phi) is 8.79. The molecule has 41 heavy (non-hydrogen) atoms. The minimum Gasteiger partial charge on any atom is -0.497 e. The van der Waals surface area contributed by atoms with Gasteiger partial charge < -0.3 is 14.5 Å². The lowest BCUT2D eigenvalue weighted by Gasteiger charge is -2.11. The van der Waals surface area contributed by atoms with E-state index in [4.69, 9.17) is 32.7 Å². The second-order valence-corrected chi connectivity index (χ2v) is 11.3. The first-order valence-electron chi connectivity index (χ1n) is 12.0. The molecule has 0 aliphatic rings. The first-order chi connectivity index (χ1) is 19.7. The second-order valence-electron chi connectivity index (χ2n) is 8.67. The van der Waals surface area contributed by atoms with Crippen LogP contribution in [0.5, 0.6) is 11.5 Å². The number of ether oxygens (including phenoxy) is 2.